The van der Waals surface area contributed by atoms with Gasteiger partial charge in [-0.05, 0) is 13.8 Å². The monoisotopic (exact) mass is 235 g/mol. The van der Waals surface area contributed by atoms with Crippen LogP contribution >= 0.6 is 0 Å². The van der Waals surface area contributed by atoms with Crippen molar-refractivity contribution in [3.05, 3.63) is 0 Å². The Balaban J connectivity index is 2.25. The number of hydrogen-bond acceptors (Lipinski definition) is 4. The van der Waals surface area contributed by atoms with Crippen LogP contribution in [0, 0.1) is 0 Å². The van der Waals surface area contributed by atoms with Gasteiger partial charge in [0.15, 0.2) is 0 Å². The molecular weight excluding hydrogens is 214 g/mol. The number of nitrogens with one attached hydrogen (secondary N) is 2. The number of rotatable bonds is 5. The molecule has 0 aromatic carbocycles. The quantitative estimate of drug-likeness (QED) is 0.656. The van der Waals surface area contributed by atoms with Gasteiger partial charge in [0, 0.05) is 38.8 Å². The molecule has 0 aliphatic carbocycles. The first-order valence-corrected chi connectivity index (χ1v) is 7.12. The van der Waals surface area contributed by atoms with Gasteiger partial charge in [-0.15, -0.1) is 0 Å². The summed E-state index contributed by atoms with van der Waals surface area (Å²) in [7, 11) is -3.03. The van der Waals surface area contributed by atoms with Gasteiger partial charge in [-0.2, -0.15) is 0 Å². The van der Waals surface area contributed by atoms with Gasteiger partial charge in [0.25, 0.3) is 0 Å². The molecule has 0 amide bonds. The fourth-order valence-corrected chi connectivity index (χ4v) is 2.27. The maximum Gasteiger partial charge on any atom is 0.211 e. The molecule has 0 aromatic rings. The van der Waals surface area contributed by atoms with Gasteiger partial charge >= 0.3 is 0 Å². The van der Waals surface area contributed by atoms with Crippen molar-refractivity contribution in [2.24, 2.45) is 0 Å². The van der Waals surface area contributed by atoms with Crippen LogP contribution in [0.4, 0.5) is 0 Å². The van der Waals surface area contributed by atoms with E-state index in [2.05, 4.69) is 21.9 Å². The van der Waals surface area contributed by atoms with Crippen LogP contribution < -0.4 is 10.0 Å². The lowest BCUT2D eigenvalue weighted by Gasteiger charge is -2.33. The van der Waals surface area contributed by atoms with Gasteiger partial charge in [0.2, 0.25) is 10.0 Å². The fourth-order valence-electron chi connectivity index (χ4n) is 1.66. The van der Waals surface area contributed by atoms with Crippen molar-refractivity contribution >= 4 is 10.0 Å². The van der Waals surface area contributed by atoms with E-state index in [4.69, 9.17) is 0 Å². The van der Waals surface area contributed by atoms with Gasteiger partial charge in [0.1, 0.15) is 0 Å². The Kier molecular flexibility index (Phi) is 4.98. The molecule has 1 atom stereocenters. The number of piperazine rings is 1. The number of sulfonamides is 1. The third-order valence-corrected chi connectivity index (χ3v) is 4.14. The van der Waals surface area contributed by atoms with Gasteiger partial charge in [0.05, 0.1) is 5.75 Å². The van der Waals surface area contributed by atoms with Crippen LogP contribution in [0.15, 0.2) is 0 Å². The smallest absolute Gasteiger partial charge is 0.211 e. The highest BCUT2D eigenvalue weighted by Crippen LogP contribution is 2.00. The highest BCUT2D eigenvalue weighted by molar-refractivity contribution is 7.89. The van der Waals surface area contributed by atoms with Crippen molar-refractivity contribution < 1.29 is 8.42 Å². The Labute approximate surface area is 92.3 Å². The zero-order valence-electron chi connectivity index (χ0n) is 9.49. The lowest BCUT2D eigenvalue weighted by atomic mass is 10.2. The van der Waals surface area contributed by atoms with Crippen molar-refractivity contribution in [1.82, 2.24) is 14.9 Å². The van der Waals surface area contributed by atoms with Crippen LogP contribution in [-0.4, -0.2) is 57.8 Å². The van der Waals surface area contributed by atoms with E-state index >= 15 is 0 Å². The van der Waals surface area contributed by atoms with Crippen molar-refractivity contribution in [1.29, 1.82) is 0 Å². The van der Waals surface area contributed by atoms with Crippen LogP contribution in [0.5, 0.6) is 0 Å². The minimum Gasteiger partial charge on any atom is -0.314 e. The molecule has 0 bridgehead atoms. The summed E-state index contributed by atoms with van der Waals surface area (Å²) in [6.45, 7) is 8.08. The maximum atomic E-state index is 11.2. The summed E-state index contributed by atoms with van der Waals surface area (Å²) in [5, 5.41) is 3.30. The van der Waals surface area contributed by atoms with Crippen LogP contribution in [0.1, 0.15) is 13.8 Å². The molecule has 1 rings (SSSR count). The molecular formula is C9H21N3O2S. The first-order valence-electron chi connectivity index (χ1n) is 5.47. The molecule has 90 valence electrons. The normalized spacial score (nSPS) is 24.3. The summed E-state index contributed by atoms with van der Waals surface area (Å²) >= 11 is 0. The highest BCUT2D eigenvalue weighted by atomic mass is 32.2. The van der Waals surface area contributed by atoms with E-state index < -0.39 is 10.0 Å². The molecule has 0 saturated carbocycles. The zero-order chi connectivity index (χ0) is 11.3. The summed E-state index contributed by atoms with van der Waals surface area (Å²) in [5.74, 6) is 0.157. The van der Waals surface area contributed by atoms with Crippen LogP contribution in [0.2, 0.25) is 0 Å². The van der Waals surface area contributed by atoms with Crippen LogP contribution in [-0.2, 0) is 10.0 Å². The summed E-state index contributed by atoms with van der Waals surface area (Å²) in [6.07, 6.45) is 0. The molecule has 1 saturated heterocycles. The molecule has 1 aliphatic rings. The summed E-state index contributed by atoms with van der Waals surface area (Å²) in [5.41, 5.74) is 0. The van der Waals surface area contributed by atoms with E-state index in [0.29, 0.717) is 12.6 Å². The van der Waals surface area contributed by atoms with Gasteiger partial charge in [-0.3, -0.25) is 4.90 Å². The van der Waals surface area contributed by atoms with E-state index in [9.17, 15) is 8.42 Å². The minimum atomic E-state index is -3.03. The summed E-state index contributed by atoms with van der Waals surface area (Å²) < 4.78 is 24.9. The maximum absolute atomic E-state index is 11.2. The molecule has 2 N–H and O–H groups in total. The number of hydrogen-bond donors (Lipinski definition) is 2. The van der Waals surface area contributed by atoms with Crippen molar-refractivity contribution in [2.75, 3.05) is 38.5 Å². The SMILES string of the molecule is CCS(=O)(=O)NCCN1CCNCC1C. The second kappa shape index (κ2) is 5.79. The molecule has 1 aliphatic heterocycles. The van der Waals surface area contributed by atoms with Gasteiger partial charge in [-0.25, -0.2) is 13.1 Å². The molecule has 1 unspecified atom stereocenters. The fraction of sp³-hybridized carbons (Fsp3) is 1.00. The second-order valence-corrected chi connectivity index (χ2v) is 5.98. The zero-order valence-corrected chi connectivity index (χ0v) is 10.3. The van der Waals surface area contributed by atoms with Crippen LogP contribution in [0.3, 0.4) is 0 Å². The average molecular weight is 235 g/mol. The van der Waals surface area contributed by atoms with E-state index in [1.165, 1.54) is 0 Å². The Morgan fingerprint density at radius 3 is 2.87 bits per heavy atom. The highest BCUT2D eigenvalue weighted by Gasteiger charge is 2.17. The predicted molar refractivity (Wildman–Crippen MR) is 61.4 cm³/mol. The van der Waals surface area contributed by atoms with E-state index in [-0.39, 0.29) is 5.75 Å². The third kappa shape index (κ3) is 4.46. The molecule has 6 heteroatoms. The Morgan fingerprint density at radius 2 is 2.27 bits per heavy atom. The van der Waals surface area contributed by atoms with Crippen molar-refractivity contribution in [3.8, 4) is 0 Å². The van der Waals surface area contributed by atoms with E-state index in [1.54, 1.807) is 6.92 Å². The van der Waals surface area contributed by atoms with Crippen molar-refractivity contribution in [2.45, 2.75) is 19.9 Å². The first kappa shape index (κ1) is 12.9. The summed E-state index contributed by atoms with van der Waals surface area (Å²) in [4.78, 5) is 2.30. The first-order chi connectivity index (χ1) is 7.05. The summed E-state index contributed by atoms with van der Waals surface area (Å²) in [6, 6.07) is 0.491. The molecule has 0 aromatic heterocycles. The Morgan fingerprint density at radius 1 is 1.53 bits per heavy atom. The Hall–Kier alpha value is -0.170. The lowest BCUT2D eigenvalue weighted by molar-refractivity contribution is 0.177. The largest absolute Gasteiger partial charge is 0.314 e. The molecule has 15 heavy (non-hydrogen) atoms. The topological polar surface area (TPSA) is 61.4 Å². The lowest BCUT2D eigenvalue weighted by Crippen LogP contribution is -2.51. The molecule has 5 nitrogen and oxygen atoms in total. The van der Waals surface area contributed by atoms with E-state index in [0.717, 1.165) is 26.2 Å². The van der Waals surface area contributed by atoms with Crippen LogP contribution in [0.25, 0.3) is 0 Å². The number of nitrogens with zero attached hydrogens (tertiary/aromatic N) is 1. The predicted octanol–water partition coefficient (Wildman–Crippen LogP) is -0.781. The average Bonchev–Trinajstić information content (AvgIpc) is 2.21. The standard InChI is InChI=1S/C9H21N3O2S/c1-3-15(13,14)11-5-7-12-6-4-10-8-9(12)2/h9-11H,3-8H2,1-2H3. The van der Waals surface area contributed by atoms with Crippen molar-refractivity contribution in [3.63, 3.8) is 0 Å². The Bertz CT molecular complexity index is 279. The molecule has 0 radical (unpaired) electrons. The van der Waals surface area contributed by atoms with Gasteiger partial charge in [-0.1, -0.05) is 0 Å². The minimum absolute atomic E-state index is 0.157. The molecule has 1 fully saturated rings. The van der Waals surface area contributed by atoms with Gasteiger partial charge < -0.3 is 5.32 Å². The second-order valence-electron chi connectivity index (χ2n) is 3.89. The van der Waals surface area contributed by atoms with E-state index in [1.807, 2.05) is 0 Å². The third-order valence-electron chi connectivity index (χ3n) is 2.74. The molecule has 0 spiro atoms. The molecule has 1 heterocycles.